The first-order valence-electron chi connectivity index (χ1n) is 10.4. The van der Waals surface area contributed by atoms with E-state index < -0.39 is 11.7 Å². The number of hydrogen-bond acceptors (Lipinski definition) is 1. The van der Waals surface area contributed by atoms with Crippen LogP contribution in [-0.2, 0) is 12.6 Å². The van der Waals surface area contributed by atoms with Gasteiger partial charge in [-0.3, -0.25) is 4.90 Å². The van der Waals surface area contributed by atoms with Gasteiger partial charge in [0.1, 0.15) is 0 Å². The Morgan fingerprint density at radius 2 is 1.66 bits per heavy atom. The second kappa shape index (κ2) is 9.70. The first kappa shape index (κ1) is 22.9. The molecule has 0 atom stereocenters. The van der Waals surface area contributed by atoms with Crippen molar-refractivity contribution in [2.24, 2.45) is 0 Å². The van der Waals surface area contributed by atoms with Crippen LogP contribution in [0.1, 0.15) is 23.1 Å². The van der Waals surface area contributed by atoms with E-state index in [4.69, 9.17) is 23.2 Å². The molecule has 0 unspecified atom stereocenters. The van der Waals surface area contributed by atoms with Crippen molar-refractivity contribution in [3.63, 3.8) is 0 Å². The van der Waals surface area contributed by atoms with Gasteiger partial charge in [-0.05, 0) is 59.4 Å². The predicted octanol–water partition coefficient (Wildman–Crippen LogP) is 8.01. The Bertz CT molecular complexity index is 1120. The molecule has 1 heterocycles. The zero-order valence-electron chi connectivity index (χ0n) is 17.3. The summed E-state index contributed by atoms with van der Waals surface area (Å²) in [5.41, 5.74) is 4.27. The van der Waals surface area contributed by atoms with Crippen LogP contribution in [0.25, 0.3) is 16.7 Å². The lowest BCUT2D eigenvalue weighted by Crippen LogP contribution is -2.30. The first-order valence-corrected chi connectivity index (χ1v) is 11.2. The third kappa shape index (κ3) is 5.55. The molecule has 0 aliphatic carbocycles. The maximum atomic E-state index is 13.0. The molecule has 0 bridgehead atoms. The highest BCUT2D eigenvalue weighted by Gasteiger charge is 2.30. The number of halogens is 5. The molecule has 3 aromatic carbocycles. The molecule has 0 amide bonds. The molecule has 0 N–H and O–H groups in total. The topological polar surface area (TPSA) is 3.24 Å². The summed E-state index contributed by atoms with van der Waals surface area (Å²) in [6.45, 7) is 2.47. The Balaban J connectivity index is 1.34. The highest BCUT2D eigenvalue weighted by Crippen LogP contribution is 2.33. The van der Waals surface area contributed by atoms with Crippen LogP contribution in [-0.4, -0.2) is 24.5 Å². The van der Waals surface area contributed by atoms with E-state index in [2.05, 4.69) is 29.2 Å². The Morgan fingerprint density at radius 1 is 0.875 bits per heavy atom. The van der Waals surface area contributed by atoms with Crippen LogP contribution in [0.5, 0.6) is 0 Å². The zero-order chi connectivity index (χ0) is 22.7. The smallest absolute Gasteiger partial charge is 0.299 e. The lowest BCUT2D eigenvalue weighted by atomic mass is 9.97. The molecule has 1 nitrogen and oxygen atoms in total. The van der Waals surface area contributed by atoms with Crippen LogP contribution in [0.15, 0.2) is 72.8 Å². The highest BCUT2D eigenvalue weighted by atomic mass is 35.5. The van der Waals surface area contributed by atoms with Crippen molar-refractivity contribution in [3.05, 3.63) is 99.5 Å². The quantitative estimate of drug-likeness (QED) is 0.361. The molecular weight excluding hydrogens is 454 g/mol. The van der Waals surface area contributed by atoms with Gasteiger partial charge in [0.05, 0.1) is 5.56 Å². The third-order valence-corrected chi connectivity index (χ3v) is 6.31. The van der Waals surface area contributed by atoms with Crippen LogP contribution in [0.4, 0.5) is 13.2 Å². The maximum Gasteiger partial charge on any atom is 0.416 e. The summed E-state index contributed by atoms with van der Waals surface area (Å²) in [5, 5.41) is 1.24. The van der Waals surface area contributed by atoms with E-state index in [0.29, 0.717) is 15.6 Å². The minimum absolute atomic E-state index is 0.596. The van der Waals surface area contributed by atoms with Gasteiger partial charge in [-0.1, -0.05) is 71.7 Å². The van der Waals surface area contributed by atoms with Gasteiger partial charge in [-0.15, -0.1) is 0 Å². The van der Waals surface area contributed by atoms with Crippen molar-refractivity contribution in [2.75, 3.05) is 19.6 Å². The molecule has 6 heteroatoms. The van der Waals surface area contributed by atoms with E-state index in [1.807, 2.05) is 18.2 Å². The van der Waals surface area contributed by atoms with Gasteiger partial charge in [-0.25, -0.2) is 0 Å². The van der Waals surface area contributed by atoms with E-state index >= 15 is 0 Å². The van der Waals surface area contributed by atoms with E-state index in [-0.39, 0.29) is 0 Å². The molecule has 1 aliphatic heterocycles. The number of hydrogen-bond donors (Lipinski definition) is 0. The molecule has 32 heavy (non-hydrogen) atoms. The lowest BCUT2D eigenvalue weighted by molar-refractivity contribution is -0.137. The average Bonchev–Trinajstić information content (AvgIpc) is 2.78. The summed E-state index contributed by atoms with van der Waals surface area (Å²) in [4.78, 5) is 2.32. The van der Waals surface area contributed by atoms with Crippen LogP contribution in [0, 0.1) is 0 Å². The fraction of sp³-hybridized carbons (Fsp3) is 0.231. The van der Waals surface area contributed by atoms with Crippen LogP contribution in [0.3, 0.4) is 0 Å². The standard InChI is InChI=1S/C26H22Cl2F3N/c27-23-8-9-24(25(28)17-23)20-6-4-18(5-7-20)10-13-32-14-11-19(12-15-32)21-2-1-3-22(16-21)26(29,30)31/h1-9,11,16-17H,10,12-15H2. The van der Waals surface area contributed by atoms with Crippen molar-refractivity contribution >= 4 is 28.8 Å². The predicted molar refractivity (Wildman–Crippen MR) is 126 cm³/mol. The summed E-state index contributed by atoms with van der Waals surface area (Å²) < 4.78 is 38.9. The summed E-state index contributed by atoms with van der Waals surface area (Å²) >= 11 is 12.3. The minimum atomic E-state index is -4.31. The number of alkyl halides is 3. The fourth-order valence-corrected chi connectivity index (χ4v) is 4.45. The number of rotatable bonds is 5. The fourth-order valence-electron chi connectivity index (χ4n) is 3.93. The molecule has 166 valence electrons. The summed E-state index contributed by atoms with van der Waals surface area (Å²) in [6, 6.07) is 19.4. The Morgan fingerprint density at radius 3 is 2.31 bits per heavy atom. The van der Waals surface area contributed by atoms with E-state index in [0.717, 1.165) is 55.2 Å². The number of nitrogens with zero attached hydrogens (tertiary/aromatic N) is 1. The summed E-state index contributed by atoms with van der Waals surface area (Å²) in [7, 11) is 0. The van der Waals surface area contributed by atoms with Gasteiger partial charge in [-0.2, -0.15) is 13.2 Å². The van der Waals surface area contributed by atoms with E-state index in [1.165, 1.54) is 17.7 Å². The molecule has 0 fully saturated rings. The zero-order valence-corrected chi connectivity index (χ0v) is 18.8. The molecule has 4 rings (SSSR count). The average molecular weight is 476 g/mol. The number of benzene rings is 3. The Labute approximate surface area is 196 Å². The Hall–Kier alpha value is -2.27. The Kier molecular flexibility index (Phi) is 6.94. The van der Waals surface area contributed by atoms with Gasteiger partial charge in [0.2, 0.25) is 0 Å². The van der Waals surface area contributed by atoms with Crippen molar-refractivity contribution < 1.29 is 13.2 Å². The van der Waals surface area contributed by atoms with Crippen molar-refractivity contribution in [1.82, 2.24) is 4.90 Å². The van der Waals surface area contributed by atoms with Crippen LogP contribution >= 0.6 is 23.2 Å². The molecule has 0 saturated carbocycles. The largest absolute Gasteiger partial charge is 0.416 e. The normalized spacial score (nSPS) is 15.0. The van der Waals surface area contributed by atoms with Gasteiger partial charge >= 0.3 is 6.18 Å². The maximum absolute atomic E-state index is 13.0. The van der Waals surface area contributed by atoms with Crippen LogP contribution in [0.2, 0.25) is 10.0 Å². The van der Waals surface area contributed by atoms with E-state index in [1.54, 1.807) is 12.1 Å². The molecule has 0 radical (unpaired) electrons. The lowest BCUT2D eigenvalue weighted by Gasteiger charge is -2.26. The molecule has 0 spiro atoms. The first-order chi connectivity index (χ1) is 15.3. The highest BCUT2D eigenvalue weighted by molar-refractivity contribution is 6.36. The van der Waals surface area contributed by atoms with Gasteiger partial charge < -0.3 is 0 Å². The molecule has 0 saturated heterocycles. The molecule has 3 aromatic rings. The van der Waals surface area contributed by atoms with Gasteiger partial charge in [0, 0.05) is 35.2 Å². The van der Waals surface area contributed by atoms with Crippen molar-refractivity contribution in [1.29, 1.82) is 0 Å². The summed E-state index contributed by atoms with van der Waals surface area (Å²) in [5.74, 6) is 0. The third-order valence-electron chi connectivity index (χ3n) is 5.77. The van der Waals surface area contributed by atoms with Gasteiger partial charge in [0.15, 0.2) is 0 Å². The van der Waals surface area contributed by atoms with Crippen LogP contribution < -0.4 is 0 Å². The van der Waals surface area contributed by atoms with Crippen molar-refractivity contribution in [3.8, 4) is 11.1 Å². The van der Waals surface area contributed by atoms with Gasteiger partial charge in [0.25, 0.3) is 0 Å². The molecule has 0 aromatic heterocycles. The summed E-state index contributed by atoms with van der Waals surface area (Å²) in [6.07, 6.45) is -0.618. The van der Waals surface area contributed by atoms with E-state index in [9.17, 15) is 13.2 Å². The molecular formula is C26H22Cl2F3N. The second-order valence-corrected chi connectivity index (χ2v) is 8.77. The van der Waals surface area contributed by atoms with Crippen molar-refractivity contribution in [2.45, 2.75) is 19.0 Å². The monoisotopic (exact) mass is 475 g/mol. The SMILES string of the molecule is FC(F)(F)c1cccc(C2=CCN(CCc3ccc(-c4ccc(Cl)cc4Cl)cc3)CC2)c1. The second-order valence-electron chi connectivity index (χ2n) is 7.93. The minimum Gasteiger partial charge on any atom is -0.299 e. The molecule has 1 aliphatic rings.